The van der Waals surface area contributed by atoms with Gasteiger partial charge in [-0.25, -0.2) is 0 Å². The number of aromatic nitrogens is 1. The van der Waals surface area contributed by atoms with E-state index in [0.717, 1.165) is 0 Å². The second kappa shape index (κ2) is 9.50. The molecule has 0 fully saturated rings. The summed E-state index contributed by atoms with van der Waals surface area (Å²) in [7, 11) is 0. The Bertz CT molecular complexity index is 970. The van der Waals surface area contributed by atoms with Gasteiger partial charge in [-0.2, -0.15) is 0 Å². The summed E-state index contributed by atoms with van der Waals surface area (Å²) >= 11 is 0. The zero-order valence-corrected chi connectivity index (χ0v) is 16.4. The van der Waals surface area contributed by atoms with Gasteiger partial charge in [-0.05, 0) is 53.9 Å². The summed E-state index contributed by atoms with van der Waals surface area (Å²) in [6.45, 7) is 4.14. The summed E-state index contributed by atoms with van der Waals surface area (Å²) < 4.78 is 5.54. The number of anilines is 2. The summed E-state index contributed by atoms with van der Waals surface area (Å²) in [5.74, 6) is 0.557. The number of carbonyl (C=O) groups is 2. The van der Waals surface area contributed by atoms with Crippen molar-refractivity contribution in [1.82, 2.24) is 4.98 Å². The second-order valence-electron chi connectivity index (χ2n) is 6.83. The predicted octanol–water partition coefficient (Wildman–Crippen LogP) is 4.47. The fourth-order valence-electron chi connectivity index (χ4n) is 2.68. The Morgan fingerprint density at radius 1 is 0.931 bits per heavy atom. The largest absolute Gasteiger partial charge is 0.484 e. The number of nitrogens with one attached hydrogen (secondary N) is 2. The molecule has 0 aliphatic rings. The number of hydrogen-bond donors (Lipinski definition) is 2. The quantitative estimate of drug-likeness (QED) is 0.625. The van der Waals surface area contributed by atoms with Gasteiger partial charge in [0.25, 0.3) is 11.8 Å². The van der Waals surface area contributed by atoms with Gasteiger partial charge in [0.2, 0.25) is 0 Å². The third-order valence-corrected chi connectivity index (χ3v) is 4.26. The van der Waals surface area contributed by atoms with Crippen LogP contribution in [0.15, 0.2) is 73.1 Å². The molecule has 2 amide bonds. The van der Waals surface area contributed by atoms with Crippen LogP contribution in [-0.4, -0.2) is 23.4 Å². The van der Waals surface area contributed by atoms with Gasteiger partial charge in [0.05, 0.1) is 0 Å². The molecule has 2 N–H and O–H groups in total. The van der Waals surface area contributed by atoms with Crippen LogP contribution in [0.2, 0.25) is 0 Å². The minimum Gasteiger partial charge on any atom is -0.484 e. The molecule has 2 aromatic carbocycles. The Morgan fingerprint density at radius 2 is 1.59 bits per heavy atom. The standard InChI is InChI=1S/C23H23N3O3/c1-16(2)17-6-8-21(9-7-17)29-15-22(27)25-19-4-3-5-20(14-19)26-23(28)18-10-12-24-13-11-18/h3-14,16H,15H2,1-2H3,(H,25,27)(H,26,28). The van der Waals surface area contributed by atoms with Gasteiger partial charge < -0.3 is 15.4 Å². The van der Waals surface area contributed by atoms with E-state index in [1.54, 1.807) is 48.8 Å². The van der Waals surface area contributed by atoms with Crippen LogP contribution in [0.5, 0.6) is 5.75 Å². The van der Waals surface area contributed by atoms with E-state index >= 15 is 0 Å². The van der Waals surface area contributed by atoms with E-state index in [1.165, 1.54) is 5.56 Å². The minimum atomic E-state index is -0.282. The third-order valence-electron chi connectivity index (χ3n) is 4.26. The van der Waals surface area contributed by atoms with Crippen LogP contribution in [0.3, 0.4) is 0 Å². The van der Waals surface area contributed by atoms with Crippen molar-refractivity contribution in [3.8, 4) is 5.75 Å². The van der Waals surface area contributed by atoms with Gasteiger partial charge >= 0.3 is 0 Å². The maximum atomic E-state index is 12.2. The van der Waals surface area contributed by atoms with E-state index in [2.05, 4.69) is 29.5 Å². The van der Waals surface area contributed by atoms with E-state index in [4.69, 9.17) is 4.74 Å². The van der Waals surface area contributed by atoms with Crippen molar-refractivity contribution in [3.63, 3.8) is 0 Å². The molecule has 0 aliphatic carbocycles. The van der Waals surface area contributed by atoms with Crippen molar-refractivity contribution in [2.45, 2.75) is 19.8 Å². The summed E-state index contributed by atoms with van der Waals surface area (Å²) in [4.78, 5) is 28.3. The molecule has 0 radical (unpaired) electrons. The monoisotopic (exact) mass is 389 g/mol. The van der Waals surface area contributed by atoms with Crippen molar-refractivity contribution in [3.05, 3.63) is 84.2 Å². The lowest BCUT2D eigenvalue weighted by Crippen LogP contribution is -2.20. The molecule has 0 saturated heterocycles. The van der Waals surface area contributed by atoms with Crippen LogP contribution < -0.4 is 15.4 Å². The maximum Gasteiger partial charge on any atom is 0.262 e. The van der Waals surface area contributed by atoms with Gasteiger partial charge in [0.15, 0.2) is 6.61 Å². The fraction of sp³-hybridized carbons (Fsp3) is 0.174. The first kappa shape index (κ1) is 20.1. The van der Waals surface area contributed by atoms with Crippen molar-refractivity contribution in [1.29, 1.82) is 0 Å². The van der Waals surface area contributed by atoms with Crippen molar-refractivity contribution >= 4 is 23.2 Å². The molecule has 0 atom stereocenters. The Hall–Kier alpha value is -3.67. The third kappa shape index (κ3) is 5.90. The number of rotatable bonds is 7. The minimum absolute atomic E-state index is 0.103. The zero-order chi connectivity index (χ0) is 20.6. The molecule has 0 saturated carbocycles. The van der Waals surface area contributed by atoms with Gasteiger partial charge in [0.1, 0.15) is 5.75 Å². The molecule has 6 nitrogen and oxygen atoms in total. The number of amides is 2. The molecular weight excluding hydrogens is 366 g/mol. The molecule has 1 aromatic heterocycles. The second-order valence-corrected chi connectivity index (χ2v) is 6.83. The molecular formula is C23H23N3O3. The summed E-state index contributed by atoms with van der Waals surface area (Å²) in [5, 5.41) is 5.56. The SMILES string of the molecule is CC(C)c1ccc(OCC(=O)Nc2cccc(NC(=O)c3ccncc3)c2)cc1. The lowest BCUT2D eigenvalue weighted by atomic mass is 10.0. The number of ether oxygens (including phenoxy) is 1. The van der Waals surface area contributed by atoms with Crippen LogP contribution in [0, 0.1) is 0 Å². The van der Waals surface area contributed by atoms with E-state index in [-0.39, 0.29) is 18.4 Å². The van der Waals surface area contributed by atoms with Gasteiger partial charge in [0, 0.05) is 29.3 Å². The molecule has 148 valence electrons. The van der Waals surface area contributed by atoms with Crippen LogP contribution in [0.25, 0.3) is 0 Å². The van der Waals surface area contributed by atoms with E-state index in [0.29, 0.717) is 28.6 Å². The molecule has 3 rings (SSSR count). The van der Waals surface area contributed by atoms with Crippen molar-refractivity contribution < 1.29 is 14.3 Å². The number of hydrogen-bond acceptors (Lipinski definition) is 4. The summed E-state index contributed by atoms with van der Waals surface area (Å²) in [6, 6.07) is 17.9. The number of nitrogens with zero attached hydrogens (tertiary/aromatic N) is 1. The van der Waals surface area contributed by atoms with E-state index < -0.39 is 0 Å². The average molecular weight is 389 g/mol. The summed E-state index contributed by atoms with van der Waals surface area (Å²) in [5.41, 5.74) is 2.87. The molecule has 0 aliphatic heterocycles. The number of benzene rings is 2. The first-order valence-electron chi connectivity index (χ1n) is 9.35. The fourth-order valence-corrected chi connectivity index (χ4v) is 2.68. The van der Waals surface area contributed by atoms with Crippen LogP contribution in [0.1, 0.15) is 35.7 Å². The normalized spacial score (nSPS) is 10.4. The first-order chi connectivity index (χ1) is 14.0. The van der Waals surface area contributed by atoms with Crippen LogP contribution >= 0.6 is 0 Å². The van der Waals surface area contributed by atoms with E-state index in [1.807, 2.05) is 24.3 Å². The highest BCUT2D eigenvalue weighted by Gasteiger charge is 2.08. The Balaban J connectivity index is 1.54. The highest BCUT2D eigenvalue weighted by molar-refractivity contribution is 6.04. The average Bonchev–Trinajstić information content (AvgIpc) is 2.73. The lowest BCUT2D eigenvalue weighted by Gasteiger charge is -2.11. The van der Waals surface area contributed by atoms with Gasteiger partial charge in [-0.1, -0.05) is 32.0 Å². The Morgan fingerprint density at radius 3 is 2.24 bits per heavy atom. The number of pyridine rings is 1. The highest BCUT2D eigenvalue weighted by Crippen LogP contribution is 2.19. The molecule has 0 bridgehead atoms. The molecule has 3 aromatic rings. The Labute approximate surface area is 169 Å². The Kier molecular flexibility index (Phi) is 6.58. The number of carbonyl (C=O) groups excluding carboxylic acids is 2. The van der Waals surface area contributed by atoms with Gasteiger partial charge in [-0.15, -0.1) is 0 Å². The molecule has 0 unspecified atom stereocenters. The zero-order valence-electron chi connectivity index (χ0n) is 16.4. The van der Waals surface area contributed by atoms with Crippen LogP contribution in [0.4, 0.5) is 11.4 Å². The van der Waals surface area contributed by atoms with E-state index in [9.17, 15) is 9.59 Å². The first-order valence-corrected chi connectivity index (χ1v) is 9.35. The molecule has 29 heavy (non-hydrogen) atoms. The summed E-state index contributed by atoms with van der Waals surface area (Å²) in [6.07, 6.45) is 3.11. The van der Waals surface area contributed by atoms with Crippen molar-refractivity contribution in [2.24, 2.45) is 0 Å². The molecule has 0 spiro atoms. The predicted molar refractivity (Wildman–Crippen MR) is 113 cm³/mol. The van der Waals surface area contributed by atoms with Crippen LogP contribution in [-0.2, 0) is 4.79 Å². The lowest BCUT2D eigenvalue weighted by molar-refractivity contribution is -0.118. The topological polar surface area (TPSA) is 80.3 Å². The highest BCUT2D eigenvalue weighted by atomic mass is 16.5. The smallest absolute Gasteiger partial charge is 0.262 e. The molecule has 1 heterocycles. The molecule has 6 heteroatoms. The maximum absolute atomic E-state index is 12.2. The van der Waals surface area contributed by atoms with Gasteiger partial charge in [-0.3, -0.25) is 14.6 Å². The van der Waals surface area contributed by atoms with Crippen molar-refractivity contribution in [2.75, 3.05) is 17.2 Å².